The molecule has 18 N–H and O–H groups in total. The molecule has 0 aromatic carbocycles. The minimum atomic E-state index is -0.466. The lowest BCUT2D eigenvalue weighted by Crippen LogP contribution is -2.48. The summed E-state index contributed by atoms with van der Waals surface area (Å²) in [5.74, 6) is 3.73. The number of aliphatic imine (C=N–C) groups is 3. The topological polar surface area (TPSA) is 361 Å². The molecule has 0 saturated heterocycles. The van der Waals surface area contributed by atoms with Gasteiger partial charge < -0.3 is 65.7 Å². The first kappa shape index (κ1) is 46.8. The maximum Gasteiger partial charge on any atom is 0.195 e. The predicted molar refractivity (Wildman–Crippen MR) is 210 cm³/mol. The molecule has 300 valence electrons. The van der Waals surface area contributed by atoms with Crippen molar-refractivity contribution >= 4 is 17.9 Å². The third-order valence-corrected chi connectivity index (χ3v) is 10.3. The molecule has 3 heterocycles. The standard InChI is InChI=1S/3C11H17N5.3CH4O/c3*1-7-3-2-4-11(5-7)8(6-12)9(13)15-10(14)16-11;3*1-2/h3*7H,2-5,13H2,1H3,(H3,14,15,16);3*2H,1H3. The van der Waals surface area contributed by atoms with Gasteiger partial charge in [-0.1, -0.05) is 59.3 Å². The zero-order valence-electron chi connectivity index (χ0n) is 32.7. The number of hydrogen-bond donors (Lipinski definition) is 12. The van der Waals surface area contributed by atoms with Gasteiger partial charge in [0.25, 0.3) is 0 Å². The monoisotopic (exact) mass is 754 g/mol. The second-order valence-corrected chi connectivity index (χ2v) is 14.3. The predicted octanol–water partition coefficient (Wildman–Crippen LogP) is 0.467. The minimum Gasteiger partial charge on any atom is -0.400 e. The zero-order valence-corrected chi connectivity index (χ0v) is 32.7. The summed E-state index contributed by atoms with van der Waals surface area (Å²) in [5.41, 5.74) is 34.8. The van der Waals surface area contributed by atoms with Crippen LogP contribution in [0.15, 0.2) is 49.2 Å². The molecule has 3 spiro atoms. The van der Waals surface area contributed by atoms with Crippen LogP contribution in [0.3, 0.4) is 0 Å². The van der Waals surface area contributed by atoms with Gasteiger partial charge >= 0.3 is 0 Å². The van der Waals surface area contributed by atoms with E-state index in [9.17, 15) is 15.8 Å². The highest BCUT2D eigenvalue weighted by atomic mass is 16.2. The van der Waals surface area contributed by atoms with Crippen molar-refractivity contribution in [2.45, 2.75) is 114 Å². The molecular weight excluding hydrogens is 690 g/mol. The van der Waals surface area contributed by atoms with Crippen LogP contribution in [0, 0.1) is 51.7 Å². The second-order valence-electron chi connectivity index (χ2n) is 14.3. The molecule has 6 rings (SSSR count). The number of aliphatic hydroxyl groups excluding tert-OH is 3. The Balaban J connectivity index is 0.000000378. The Hall–Kier alpha value is -5.22. The average Bonchev–Trinajstić information content (AvgIpc) is 3.11. The summed E-state index contributed by atoms with van der Waals surface area (Å²) in [6.45, 7) is 6.54. The van der Waals surface area contributed by atoms with Gasteiger partial charge in [-0.05, 0) is 56.3 Å². The van der Waals surface area contributed by atoms with E-state index in [1.165, 1.54) is 19.3 Å². The van der Waals surface area contributed by atoms with Crippen LogP contribution in [0.25, 0.3) is 0 Å². The summed E-state index contributed by atoms with van der Waals surface area (Å²) in [6, 6.07) is 6.55. The Morgan fingerprint density at radius 2 is 0.722 bits per heavy atom. The maximum atomic E-state index is 9.21. The number of guanidine groups is 3. The molecule has 0 aromatic rings. The second kappa shape index (κ2) is 21.5. The number of nitrogens with two attached hydrogens (primary N) is 6. The molecule has 3 aliphatic carbocycles. The third-order valence-electron chi connectivity index (χ3n) is 10.3. The Labute approximate surface area is 319 Å². The summed E-state index contributed by atoms with van der Waals surface area (Å²) >= 11 is 0. The van der Waals surface area contributed by atoms with Crippen molar-refractivity contribution in [3.63, 3.8) is 0 Å². The molecule has 0 bridgehead atoms. The third kappa shape index (κ3) is 11.1. The van der Waals surface area contributed by atoms with Gasteiger partial charge in [-0.25, -0.2) is 15.0 Å². The average molecular weight is 754 g/mol. The van der Waals surface area contributed by atoms with Gasteiger partial charge in [0, 0.05) is 21.3 Å². The first-order valence-corrected chi connectivity index (χ1v) is 18.1. The van der Waals surface area contributed by atoms with E-state index in [0.717, 1.165) is 79.1 Å². The van der Waals surface area contributed by atoms with Gasteiger partial charge in [0.05, 0.1) is 16.7 Å². The van der Waals surface area contributed by atoms with Crippen molar-refractivity contribution in [2.24, 2.45) is 67.1 Å². The summed E-state index contributed by atoms with van der Waals surface area (Å²) in [4.78, 5) is 13.3. The molecule has 6 aliphatic rings. The summed E-state index contributed by atoms with van der Waals surface area (Å²) in [7, 11) is 3.00. The van der Waals surface area contributed by atoms with Gasteiger partial charge in [-0.3, -0.25) is 0 Å². The van der Waals surface area contributed by atoms with E-state index in [0.29, 0.717) is 69.8 Å². The van der Waals surface area contributed by atoms with Gasteiger partial charge in [0.1, 0.15) is 52.3 Å². The fraction of sp³-hybridized carbons (Fsp3) is 0.667. The summed E-state index contributed by atoms with van der Waals surface area (Å²) in [6.07, 6.45) is 11.9. The number of aliphatic hydroxyl groups is 3. The Morgan fingerprint density at radius 1 is 0.500 bits per heavy atom. The minimum absolute atomic E-state index is 0.325. The van der Waals surface area contributed by atoms with Gasteiger partial charge in [-0.2, -0.15) is 15.8 Å². The first-order valence-electron chi connectivity index (χ1n) is 18.1. The zero-order chi connectivity index (χ0) is 41.3. The quantitative estimate of drug-likeness (QED) is 0.160. The van der Waals surface area contributed by atoms with E-state index in [1.54, 1.807) is 0 Å². The maximum absolute atomic E-state index is 9.21. The molecular formula is C36H63N15O3. The molecule has 54 heavy (non-hydrogen) atoms. The largest absolute Gasteiger partial charge is 0.400 e. The lowest BCUT2D eigenvalue weighted by molar-refractivity contribution is 0.273. The number of nitriles is 3. The highest BCUT2D eigenvalue weighted by molar-refractivity contribution is 5.83. The normalized spacial score (nSPS) is 30.8. The molecule has 6 atom stereocenters. The van der Waals surface area contributed by atoms with Crippen LogP contribution >= 0.6 is 0 Å². The molecule has 3 fully saturated rings. The number of nitrogens with zero attached hydrogens (tertiary/aromatic N) is 6. The van der Waals surface area contributed by atoms with Crippen LogP contribution in [-0.2, 0) is 0 Å². The Bertz CT molecular complexity index is 1410. The fourth-order valence-corrected chi connectivity index (χ4v) is 8.35. The molecule has 18 heteroatoms. The van der Waals surface area contributed by atoms with E-state index >= 15 is 0 Å². The van der Waals surface area contributed by atoms with Crippen LogP contribution in [-0.4, -0.2) is 71.1 Å². The van der Waals surface area contributed by atoms with E-state index < -0.39 is 16.6 Å². The first-order chi connectivity index (χ1) is 25.7. The van der Waals surface area contributed by atoms with E-state index in [1.807, 2.05) is 0 Å². The lowest BCUT2D eigenvalue weighted by atomic mass is 9.72. The number of rotatable bonds is 0. The van der Waals surface area contributed by atoms with Crippen LogP contribution < -0.4 is 50.4 Å². The smallest absolute Gasteiger partial charge is 0.195 e. The molecule has 18 nitrogen and oxygen atoms in total. The summed E-state index contributed by atoms with van der Waals surface area (Å²) in [5, 5.41) is 56.8. The summed E-state index contributed by atoms with van der Waals surface area (Å²) < 4.78 is 0. The van der Waals surface area contributed by atoms with Gasteiger partial charge in [-0.15, -0.1) is 0 Å². The van der Waals surface area contributed by atoms with Crippen LogP contribution in [0.5, 0.6) is 0 Å². The molecule has 3 saturated carbocycles. The van der Waals surface area contributed by atoms with Crippen molar-refractivity contribution in [1.82, 2.24) is 16.0 Å². The SMILES string of the molecule is CC1CCCC2(C1)N=C(N)NC(N)=C2C#N.CC1CCCC2(C1)N=C(N)NC(N)=C2C#N.CC1CCCC2(C1)N=C(N)NC(N)=C2C#N.CO.CO.CO. The molecule has 3 aliphatic heterocycles. The highest BCUT2D eigenvalue weighted by Gasteiger charge is 2.44. The van der Waals surface area contributed by atoms with Crippen molar-refractivity contribution in [1.29, 1.82) is 15.8 Å². The molecule has 6 unspecified atom stereocenters. The van der Waals surface area contributed by atoms with Crippen molar-refractivity contribution in [2.75, 3.05) is 21.3 Å². The Morgan fingerprint density at radius 3 is 0.907 bits per heavy atom. The molecule has 0 aromatic heterocycles. The number of nitrogens with one attached hydrogen (secondary N) is 3. The van der Waals surface area contributed by atoms with Crippen molar-refractivity contribution in [3.05, 3.63) is 34.2 Å². The van der Waals surface area contributed by atoms with Gasteiger partial charge in [0.15, 0.2) is 17.9 Å². The van der Waals surface area contributed by atoms with E-state index in [-0.39, 0.29) is 0 Å². The van der Waals surface area contributed by atoms with Crippen LogP contribution in [0.1, 0.15) is 97.8 Å². The van der Waals surface area contributed by atoms with Crippen molar-refractivity contribution < 1.29 is 15.3 Å². The molecule has 0 amide bonds. The Kier molecular flexibility index (Phi) is 18.6. The lowest BCUT2D eigenvalue weighted by Gasteiger charge is -2.39. The number of hydrogen-bond acceptors (Lipinski definition) is 18. The highest BCUT2D eigenvalue weighted by Crippen LogP contribution is 2.43. The van der Waals surface area contributed by atoms with Crippen LogP contribution in [0.2, 0.25) is 0 Å². The van der Waals surface area contributed by atoms with Gasteiger partial charge in [0.2, 0.25) is 0 Å². The van der Waals surface area contributed by atoms with Crippen molar-refractivity contribution in [3.8, 4) is 18.2 Å². The fourth-order valence-electron chi connectivity index (χ4n) is 8.35. The van der Waals surface area contributed by atoms with E-state index in [2.05, 4.69) is 69.9 Å². The van der Waals surface area contributed by atoms with E-state index in [4.69, 9.17) is 49.7 Å². The molecule has 0 radical (unpaired) electrons. The van der Waals surface area contributed by atoms with Crippen LogP contribution in [0.4, 0.5) is 0 Å².